The maximum absolute atomic E-state index is 10.8. The zero-order chi connectivity index (χ0) is 13.8. The standard InChI is InChI=1S/C15H14O3S/c1-2-10-9-12(16)5-8-14(10)19-13-6-3-11(4-7-13)15(17)18/h3-9,16H,2H2,1H3,(H,17,18). The minimum atomic E-state index is -0.921. The molecule has 0 radical (unpaired) electrons. The first-order valence-electron chi connectivity index (χ1n) is 5.93. The van der Waals surface area contributed by atoms with Crippen LogP contribution in [0.4, 0.5) is 0 Å². The lowest BCUT2D eigenvalue weighted by atomic mass is 10.2. The van der Waals surface area contributed by atoms with Gasteiger partial charge in [-0.15, -0.1) is 0 Å². The van der Waals surface area contributed by atoms with Crippen molar-refractivity contribution in [1.82, 2.24) is 0 Å². The number of carboxylic acid groups (broad SMARTS) is 1. The molecule has 0 aliphatic heterocycles. The summed E-state index contributed by atoms with van der Waals surface area (Å²) < 4.78 is 0. The number of hydrogen-bond acceptors (Lipinski definition) is 3. The van der Waals surface area contributed by atoms with E-state index in [0.29, 0.717) is 0 Å². The second kappa shape index (κ2) is 5.80. The van der Waals surface area contributed by atoms with Crippen molar-refractivity contribution in [3.8, 4) is 5.75 Å². The highest BCUT2D eigenvalue weighted by Crippen LogP contribution is 2.32. The molecule has 98 valence electrons. The topological polar surface area (TPSA) is 57.5 Å². The van der Waals surface area contributed by atoms with Gasteiger partial charge in [-0.25, -0.2) is 4.79 Å². The maximum atomic E-state index is 10.8. The Kier molecular flexibility index (Phi) is 4.12. The molecule has 0 aliphatic rings. The van der Waals surface area contributed by atoms with Crippen molar-refractivity contribution in [2.45, 2.75) is 23.1 Å². The van der Waals surface area contributed by atoms with Gasteiger partial charge in [0.2, 0.25) is 0 Å². The van der Waals surface area contributed by atoms with Crippen LogP contribution in [-0.2, 0) is 6.42 Å². The molecule has 0 fully saturated rings. The Morgan fingerprint density at radius 1 is 1.16 bits per heavy atom. The third kappa shape index (κ3) is 3.29. The van der Waals surface area contributed by atoms with Crippen LogP contribution in [0.5, 0.6) is 5.75 Å². The van der Waals surface area contributed by atoms with Gasteiger partial charge in [-0.1, -0.05) is 18.7 Å². The number of aromatic carboxylic acids is 1. The Bertz CT molecular complexity index is 591. The van der Waals surface area contributed by atoms with Gasteiger partial charge in [-0.3, -0.25) is 0 Å². The molecule has 0 amide bonds. The average molecular weight is 274 g/mol. The zero-order valence-corrected chi connectivity index (χ0v) is 11.3. The second-order valence-corrected chi connectivity index (χ2v) is 5.19. The number of carbonyl (C=O) groups is 1. The third-order valence-corrected chi connectivity index (χ3v) is 3.88. The molecular weight excluding hydrogens is 260 g/mol. The van der Waals surface area contributed by atoms with Gasteiger partial charge in [-0.05, 0) is 54.4 Å². The van der Waals surface area contributed by atoms with E-state index in [1.807, 2.05) is 13.0 Å². The molecule has 0 aliphatic carbocycles. The van der Waals surface area contributed by atoms with Gasteiger partial charge < -0.3 is 10.2 Å². The molecule has 2 rings (SSSR count). The molecule has 0 spiro atoms. The van der Waals surface area contributed by atoms with Gasteiger partial charge in [0, 0.05) is 9.79 Å². The van der Waals surface area contributed by atoms with Crippen molar-refractivity contribution in [1.29, 1.82) is 0 Å². The number of benzene rings is 2. The minimum absolute atomic E-state index is 0.266. The van der Waals surface area contributed by atoms with Crippen molar-refractivity contribution >= 4 is 17.7 Å². The summed E-state index contributed by atoms with van der Waals surface area (Å²) in [7, 11) is 0. The van der Waals surface area contributed by atoms with Crippen molar-refractivity contribution in [2.24, 2.45) is 0 Å². The van der Waals surface area contributed by atoms with Gasteiger partial charge in [0.05, 0.1) is 5.56 Å². The highest BCUT2D eigenvalue weighted by atomic mass is 32.2. The second-order valence-electron chi connectivity index (χ2n) is 4.08. The summed E-state index contributed by atoms with van der Waals surface area (Å²) in [5, 5.41) is 18.3. The molecule has 3 nitrogen and oxygen atoms in total. The van der Waals surface area contributed by atoms with Crippen molar-refractivity contribution in [3.63, 3.8) is 0 Å². The van der Waals surface area contributed by atoms with E-state index >= 15 is 0 Å². The van der Waals surface area contributed by atoms with Crippen LogP contribution in [0.25, 0.3) is 0 Å². The third-order valence-electron chi connectivity index (χ3n) is 2.75. The van der Waals surface area contributed by atoms with Crippen LogP contribution < -0.4 is 0 Å². The maximum Gasteiger partial charge on any atom is 0.335 e. The fourth-order valence-corrected chi connectivity index (χ4v) is 2.73. The van der Waals surface area contributed by atoms with E-state index in [2.05, 4.69) is 0 Å². The summed E-state index contributed by atoms with van der Waals surface area (Å²) in [4.78, 5) is 12.8. The first-order valence-corrected chi connectivity index (χ1v) is 6.75. The first-order chi connectivity index (χ1) is 9.10. The van der Waals surface area contributed by atoms with E-state index in [4.69, 9.17) is 5.11 Å². The van der Waals surface area contributed by atoms with Crippen LogP contribution in [0.1, 0.15) is 22.8 Å². The summed E-state index contributed by atoms with van der Waals surface area (Å²) >= 11 is 1.56. The molecule has 19 heavy (non-hydrogen) atoms. The van der Waals surface area contributed by atoms with Crippen LogP contribution in [0.15, 0.2) is 52.3 Å². The van der Waals surface area contributed by atoms with Crippen LogP contribution in [0, 0.1) is 0 Å². The predicted octanol–water partition coefficient (Wildman–Crippen LogP) is 3.80. The lowest BCUT2D eigenvalue weighted by molar-refractivity contribution is 0.0697. The molecular formula is C15H14O3S. The Hall–Kier alpha value is -1.94. The molecule has 0 heterocycles. The average Bonchev–Trinajstić information content (AvgIpc) is 2.41. The van der Waals surface area contributed by atoms with E-state index in [9.17, 15) is 9.90 Å². The zero-order valence-electron chi connectivity index (χ0n) is 10.5. The van der Waals surface area contributed by atoms with Crippen LogP contribution in [0.3, 0.4) is 0 Å². The van der Waals surface area contributed by atoms with Gasteiger partial charge in [-0.2, -0.15) is 0 Å². The summed E-state index contributed by atoms with van der Waals surface area (Å²) in [6.45, 7) is 2.03. The number of rotatable bonds is 4. The van der Waals surface area contributed by atoms with E-state index in [1.54, 1.807) is 48.2 Å². The molecule has 0 atom stereocenters. The summed E-state index contributed by atoms with van der Waals surface area (Å²) in [5.74, 6) is -0.655. The molecule has 2 N–H and O–H groups in total. The Morgan fingerprint density at radius 3 is 2.42 bits per heavy atom. The quantitative estimate of drug-likeness (QED) is 0.890. The monoisotopic (exact) mass is 274 g/mol. The minimum Gasteiger partial charge on any atom is -0.508 e. The molecule has 2 aromatic carbocycles. The van der Waals surface area contributed by atoms with Crippen LogP contribution in [0.2, 0.25) is 0 Å². The molecule has 2 aromatic rings. The molecule has 0 unspecified atom stereocenters. The van der Waals surface area contributed by atoms with Crippen LogP contribution in [-0.4, -0.2) is 16.2 Å². The van der Waals surface area contributed by atoms with Gasteiger partial charge >= 0.3 is 5.97 Å². The van der Waals surface area contributed by atoms with E-state index in [-0.39, 0.29) is 11.3 Å². The molecule has 0 aromatic heterocycles. The highest BCUT2D eigenvalue weighted by molar-refractivity contribution is 7.99. The lowest BCUT2D eigenvalue weighted by Gasteiger charge is -2.08. The Labute approximate surface area is 115 Å². The summed E-state index contributed by atoms with van der Waals surface area (Å²) in [6, 6.07) is 12.1. The SMILES string of the molecule is CCc1cc(O)ccc1Sc1ccc(C(=O)O)cc1. The Morgan fingerprint density at radius 2 is 1.84 bits per heavy atom. The normalized spacial score (nSPS) is 10.4. The van der Waals surface area contributed by atoms with E-state index in [0.717, 1.165) is 21.8 Å². The van der Waals surface area contributed by atoms with Crippen molar-refractivity contribution in [3.05, 3.63) is 53.6 Å². The largest absolute Gasteiger partial charge is 0.508 e. The smallest absolute Gasteiger partial charge is 0.335 e. The van der Waals surface area contributed by atoms with Crippen molar-refractivity contribution in [2.75, 3.05) is 0 Å². The number of phenolic OH excluding ortho intramolecular Hbond substituents is 1. The molecule has 0 saturated heterocycles. The first kappa shape index (κ1) is 13.5. The molecule has 4 heteroatoms. The number of aryl methyl sites for hydroxylation is 1. The lowest BCUT2D eigenvalue weighted by Crippen LogP contribution is -1.94. The van der Waals surface area contributed by atoms with Crippen LogP contribution >= 0.6 is 11.8 Å². The number of carboxylic acids is 1. The molecule has 0 saturated carbocycles. The number of hydrogen-bond donors (Lipinski definition) is 2. The number of phenols is 1. The number of aromatic hydroxyl groups is 1. The molecule has 0 bridgehead atoms. The predicted molar refractivity (Wildman–Crippen MR) is 75.0 cm³/mol. The summed E-state index contributed by atoms with van der Waals surface area (Å²) in [5.41, 5.74) is 1.36. The highest BCUT2D eigenvalue weighted by Gasteiger charge is 2.06. The fourth-order valence-electron chi connectivity index (χ4n) is 1.73. The van der Waals surface area contributed by atoms with Crippen molar-refractivity contribution < 1.29 is 15.0 Å². The fraction of sp³-hybridized carbons (Fsp3) is 0.133. The van der Waals surface area contributed by atoms with E-state index in [1.165, 1.54) is 0 Å². The van der Waals surface area contributed by atoms with E-state index < -0.39 is 5.97 Å². The summed E-state index contributed by atoms with van der Waals surface area (Å²) in [6.07, 6.45) is 0.837. The van der Waals surface area contributed by atoms with Gasteiger partial charge in [0.1, 0.15) is 5.75 Å². The Balaban J connectivity index is 2.23. The van der Waals surface area contributed by atoms with Gasteiger partial charge in [0.15, 0.2) is 0 Å². The van der Waals surface area contributed by atoms with Gasteiger partial charge in [0.25, 0.3) is 0 Å².